The van der Waals surface area contributed by atoms with Crippen LogP contribution in [0.3, 0.4) is 0 Å². The van der Waals surface area contributed by atoms with Crippen LogP contribution in [0, 0.1) is 11.7 Å². The minimum absolute atomic E-state index is 0. The van der Waals surface area contributed by atoms with Crippen LogP contribution in [0.1, 0.15) is 25.2 Å². The van der Waals surface area contributed by atoms with E-state index in [1.54, 1.807) is 25.4 Å². The van der Waals surface area contributed by atoms with Crippen molar-refractivity contribution < 1.29 is 4.39 Å². The van der Waals surface area contributed by atoms with Crippen molar-refractivity contribution in [1.29, 1.82) is 0 Å². The quantitative estimate of drug-likeness (QED) is 0.408. The van der Waals surface area contributed by atoms with Crippen LogP contribution in [0.2, 0.25) is 0 Å². The predicted molar refractivity (Wildman–Crippen MR) is 106 cm³/mol. The number of nitrogens with one attached hydrogen (secondary N) is 2. The van der Waals surface area contributed by atoms with Gasteiger partial charge in [-0.3, -0.25) is 4.99 Å². The molecule has 0 fully saturated rings. The summed E-state index contributed by atoms with van der Waals surface area (Å²) in [4.78, 5) is 8.52. The molecule has 132 valence electrons. The summed E-state index contributed by atoms with van der Waals surface area (Å²) in [6.07, 6.45) is 3.78. The smallest absolute Gasteiger partial charge is 0.191 e. The van der Waals surface area contributed by atoms with Crippen LogP contribution in [0.15, 0.2) is 41.7 Å². The van der Waals surface area contributed by atoms with Crippen LogP contribution < -0.4 is 10.6 Å². The zero-order valence-corrected chi connectivity index (χ0v) is 16.6. The third-order valence-corrected chi connectivity index (χ3v) is 3.41. The number of aromatic nitrogens is 2. The van der Waals surface area contributed by atoms with Crippen LogP contribution in [0.4, 0.5) is 4.39 Å². The van der Waals surface area contributed by atoms with E-state index in [0.717, 1.165) is 12.4 Å². The molecule has 0 aliphatic carbocycles. The largest absolute Gasteiger partial charge is 0.352 e. The lowest BCUT2D eigenvalue weighted by Gasteiger charge is -2.14. The summed E-state index contributed by atoms with van der Waals surface area (Å²) in [5.74, 6) is 1.91. The maximum absolute atomic E-state index is 13.6. The second-order valence-corrected chi connectivity index (χ2v) is 5.76. The van der Waals surface area contributed by atoms with E-state index in [9.17, 15) is 4.39 Å². The van der Waals surface area contributed by atoms with E-state index < -0.39 is 0 Å². The van der Waals surface area contributed by atoms with Crippen molar-refractivity contribution in [1.82, 2.24) is 20.2 Å². The SMILES string of the molecule is CN=C(NCc1ccccc1F)NCc1nccn1CC(C)C.I. The van der Waals surface area contributed by atoms with E-state index in [4.69, 9.17) is 0 Å². The Labute approximate surface area is 159 Å². The molecule has 1 aromatic heterocycles. The zero-order chi connectivity index (χ0) is 16.7. The summed E-state index contributed by atoms with van der Waals surface area (Å²) >= 11 is 0. The number of hydrogen-bond donors (Lipinski definition) is 2. The first-order chi connectivity index (χ1) is 11.1. The highest BCUT2D eigenvalue weighted by molar-refractivity contribution is 14.0. The molecule has 0 aliphatic rings. The lowest BCUT2D eigenvalue weighted by atomic mass is 10.2. The molecule has 2 rings (SSSR count). The Morgan fingerprint density at radius 2 is 1.96 bits per heavy atom. The third-order valence-electron chi connectivity index (χ3n) is 3.41. The van der Waals surface area contributed by atoms with E-state index in [0.29, 0.717) is 30.5 Å². The molecule has 0 saturated heterocycles. The lowest BCUT2D eigenvalue weighted by Crippen LogP contribution is -2.37. The van der Waals surface area contributed by atoms with E-state index in [1.807, 2.05) is 12.3 Å². The number of imidazole rings is 1. The molecule has 0 amide bonds. The Bertz CT molecular complexity index is 654. The number of rotatable bonds is 6. The van der Waals surface area contributed by atoms with Crippen LogP contribution in [0.5, 0.6) is 0 Å². The van der Waals surface area contributed by atoms with Gasteiger partial charge >= 0.3 is 0 Å². The maximum Gasteiger partial charge on any atom is 0.191 e. The number of halogens is 2. The van der Waals surface area contributed by atoms with E-state index >= 15 is 0 Å². The number of nitrogens with zero attached hydrogens (tertiary/aromatic N) is 3. The number of benzene rings is 1. The monoisotopic (exact) mass is 445 g/mol. The number of guanidine groups is 1. The highest BCUT2D eigenvalue weighted by Gasteiger charge is 2.07. The average molecular weight is 445 g/mol. The van der Waals surface area contributed by atoms with Crippen molar-refractivity contribution in [3.8, 4) is 0 Å². The molecule has 1 heterocycles. The first-order valence-corrected chi connectivity index (χ1v) is 7.78. The molecule has 0 unspecified atom stereocenters. The maximum atomic E-state index is 13.6. The van der Waals surface area contributed by atoms with Gasteiger partial charge in [0.2, 0.25) is 0 Å². The molecule has 0 atom stereocenters. The van der Waals surface area contributed by atoms with Crippen LogP contribution in [-0.2, 0) is 19.6 Å². The summed E-state index contributed by atoms with van der Waals surface area (Å²) < 4.78 is 15.7. The average Bonchev–Trinajstić information content (AvgIpc) is 2.95. The molecule has 24 heavy (non-hydrogen) atoms. The van der Waals surface area contributed by atoms with E-state index in [2.05, 4.69) is 39.0 Å². The van der Waals surface area contributed by atoms with Gasteiger partial charge in [-0.25, -0.2) is 9.37 Å². The molecular formula is C17H25FIN5. The second-order valence-electron chi connectivity index (χ2n) is 5.76. The molecule has 0 saturated carbocycles. The van der Waals surface area contributed by atoms with Gasteiger partial charge in [0, 0.05) is 38.1 Å². The number of aliphatic imine (C=N–C) groups is 1. The molecule has 0 spiro atoms. The summed E-state index contributed by atoms with van der Waals surface area (Å²) in [5, 5.41) is 6.32. The fraction of sp³-hybridized carbons (Fsp3) is 0.412. The van der Waals surface area contributed by atoms with E-state index in [-0.39, 0.29) is 29.8 Å². The Kier molecular flexibility index (Phi) is 8.73. The highest BCUT2D eigenvalue weighted by atomic mass is 127. The van der Waals surface area contributed by atoms with Crippen molar-refractivity contribution in [2.45, 2.75) is 33.5 Å². The van der Waals surface area contributed by atoms with Gasteiger partial charge in [-0.15, -0.1) is 24.0 Å². The molecule has 2 N–H and O–H groups in total. The number of hydrogen-bond acceptors (Lipinski definition) is 2. The summed E-state index contributed by atoms with van der Waals surface area (Å²) in [6, 6.07) is 6.71. The van der Waals surface area contributed by atoms with Crippen molar-refractivity contribution in [2.75, 3.05) is 7.05 Å². The standard InChI is InChI=1S/C17H24FN5.HI/c1-13(2)12-23-9-8-20-16(23)11-22-17(19-3)21-10-14-6-4-5-7-15(14)18;/h4-9,13H,10-12H2,1-3H3,(H2,19,21,22);1H. The van der Waals surface area contributed by atoms with Crippen molar-refractivity contribution in [2.24, 2.45) is 10.9 Å². The molecule has 1 aromatic carbocycles. The van der Waals surface area contributed by atoms with E-state index in [1.165, 1.54) is 6.07 Å². The topological polar surface area (TPSA) is 54.2 Å². The van der Waals surface area contributed by atoms with Gasteiger partial charge in [-0.2, -0.15) is 0 Å². The Morgan fingerprint density at radius 3 is 2.62 bits per heavy atom. The summed E-state index contributed by atoms with van der Waals surface area (Å²) in [6.45, 7) is 6.22. The molecule has 0 aliphatic heterocycles. The van der Waals surface area contributed by atoms with Crippen molar-refractivity contribution in [3.63, 3.8) is 0 Å². The fourth-order valence-electron chi connectivity index (χ4n) is 2.27. The third kappa shape index (κ3) is 6.10. The highest BCUT2D eigenvalue weighted by Crippen LogP contribution is 2.06. The summed E-state index contributed by atoms with van der Waals surface area (Å²) in [7, 11) is 1.69. The van der Waals surface area contributed by atoms with Crippen molar-refractivity contribution >= 4 is 29.9 Å². The minimum Gasteiger partial charge on any atom is -0.352 e. The molecule has 0 bridgehead atoms. The molecule has 5 nitrogen and oxygen atoms in total. The molecule has 0 radical (unpaired) electrons. The van der Waals surface area contributed by atoms with Crippen LogP contribution in [-0.4, -0.2) is 22.6 Å². The zero-order valence-electron chi connectivity index (χ0n) is 14.3. The molecule has 2 aromatic rings. The van der Waals surface area contributed by atoms with Gasteiger partial charge < -0.3 is 15.2 Å². The molecule has 7 heteroatoms. The van der Waals surface area contributed by atoms with Gasteiger partial charge in [0.05, 0.1) is 6.54 Å². The normalized spacial score (nSPS) is 11.3. The Balaban J connectivity index is 0.00000288. The van der Waals surface area contributed by atoms with Gasteiger partial charge in [0.15, 0.2) is 5.96 Å². The van der Waals surface area contributed by atoms with Gasteiger partial charge in [-0.1, -0.05) is 32.0 Å². The Morgan fingerprint density at radius 1 is 1.25 bits per heavy atom. The van der Waals surface area contributed by atoms with Crippen molar-refractivity contribution in [3.05, 3.63) is 53.9 Å². The predicted octanol–water partition coefficient (Wildman–Crippen LogP) is 3.16. The van der Waals surface area contributed by atoms with Gasteiger partial charge in [0.25, 0.3) is 0 Å². The summed E-state index contributed by atoms with van der Waals surface area (Å²) in [5.41, 5.74) is 0.608. The fourth-order valence-corrected chi connectivity index (χ4v) is 2.27. The van der Waals surface area contributed by atoms with Gasteiger partial charge in [-0.05, 0) is 12.0 Å². The van der Waals surface area contributed by atoms with Crippen LogP contribution >= 0.6 is 24.0 Å². The second kappa shape index (κ2) is 10.3. The lowest BCUT2D eigenvalue weighted by molar-refractivity contribution is 0.503. The first-order valence-electron chi connectivity index (χ1n) is 7.78. The minimum atomic E-state index is -0.220. The van der Waals surface area contributed by atoms with Crippen LogP contribution in [0.25, 0.3) is 0 Å². The first kappa shape index (κ1) is 20.4. The van der Waals surface area contributed by atoms with Gasteiger partial charge in [0.1, 0.15) is 11.6 Å². The molecular weight excluding hydrogens is 420 g/mol. The Hall–Kier alpha value is -1.64.